The molecular weight excluding hydrogens is 226 g/mol. The number of aromatic nitrogens is 2. The summed E-state index contributed by atoms with van der Waals surface area (Å²) in [5, 5.41) is 7.98. The number of ether oxygens (including phenoxy) is 1. The minimum atomic E-state index is 0.379. The van der Waals surface area contributed by atoms with Crippen molar-refractivity contribution < 1.29 is 4.74 Å². The molecule has 3 rings (SSSR count). The molecule has 1 aromatic rings. The normalized spacial score (nSPS) is 25.7. The lowest BCUT2D eigenvalue weighted by Gasteiger charge is -2.21. The molecule has 4 nitrogen and oxygen atoms in total. The van der Waals surface area contributed by atoms with Gasteiger partial charge in [-0.2, -0.15) is 5.10 Å². The molecule has 1 aliphatic heterocycles. The second kappa shape index (κ2) is 5.85. The number of hydrogen-bond donors (Lipinski definition) is 1. The first-order valence-electron chi connectivity index (χ1n) is 7.28. The summed E-state index contributed by atoms with van der Waals surface area (Å²) in [6.07, 6.45) is 10.3. The molecule has 18 heavy (non-hydrogen) atoms. The quantitative estimate of drug-likeness (QED) is 0.889. The first-order valence-corrected chi connectivity index (χ1v) is 7.28. The molecule has 1 atom stereocenters. The fraction of sp³-hybridized carbons (Fsp3) is 0.786. The van der Waals surface area contributed by atoms with Gasteiger partial charge >= 0.3 is 0 Å². The van der Waals surface area contributed by atoms with E-state index in [9.17, 15) is 0 Å². The average Bonchev–Trinajstić information content (AvgIpc) is 3.09. The molecule has 0 radical (unpaired) electrons. The summed E-state index contributed by atoms with van der Waals surface area (Å²) in [4.78, 5) is 0. The molecule has 0 spiro atoms. The van der Waals surface area contributed by atoms with Crippen LogP contribution >= 0.6 is 0 Å². The van der Waals surface area contributed by atoms with Gasteiger partial charge in [0.25, 0.3) is 0 Å². The molecule has 1 saturated carbocycles. The van der Waals surface area contributed by atoms with Gasteiger partial charge in [-0.1, -0.05) is 19.3 Å². The lowest BCUT2D eigenvalue weighted by atomic mass is 9.96. The monoisotopic (exact) mass is 249 g/mol. The Labute approximate surface area is 109 Å². The maximum absolute atomic E-state index is 5.85. The summed E-state index contributed by atoms with van der Waals surface area (Å²) < 4.78 is 8.01. The Morgan fingerprint density at radius 2 is 2.17 bits per heavy atom. The molecule has 0 amide bonds. The Kier molecular flexibility index (Phi) is 3.96. The molecule has 1 aromatic heterocycles. The SMILES string of the molecule is c1cn(C2CCCCC2)nc1COC1CCNC1. The van der Waals surface area contributed by atoms with E-state index < -0.39 is 0 Å². The van der Waals surface area contributed by atoms with E-state index in [0.717, 1.165) is 25.2 Å². The number of nitrogens with zero attached hydrogens (tertiary/aromatic N) is 2. The zero-order chi connectivity index (χ0) is 12.2. The van der Waals surface area contributed by atoms with Crippen LogP contribution in [0.1, 0.15) is 50.3 Å². The molecule has 0 bridgehead atoms. The van der Waals surface area contributed by atoms with Crippen molar-refractivity contribution in [1.82, 2.24) is 15.1 Å². The van der Waals surface area contributed by atoms with Crippen LogP contribution in [0.5, 0.6) is 0 Å². The highest BCUT2D eigenvalue weighted by Gasteiger charge is 2.17. The van der Waals surface area contributed by atoms with Crippen molar-refractivity contribution in [1.29, 1.82) is 0 Å². The number of nitrogens with one attached hydrogen (secondary N) is 1. The van der Waals surface area contributed by atoms with E-state index in [1.54, 1.807) is 0 Å². The van der Waals surface area contributed by atoms with Gasteiger partial charge in [0.05, 0.1) is 24.4 Å². The van der Waals surface area contributed by atoms with Gasteiger partial charge in [0, 0.05) is 12.7 Å². The van der Waals surface area contributed by atoms with Crippen molar-refractivity contribution in [2.24, 2.45) is 0 Å². The Hall–Kier alpha value is -0.870. The minimum absolute atomic E-state index is 0.379. The molecule has 100 valence electrons. The molecule has 2 heterocycles. The standard InChI is InChI=1S/C14H23N3O/c1-2-4-13(5-3-1)17-9-7-12(16-17)11-18-14-6-8-15-10-14/h7,9,13-15H,1-6,8,10-11H2. The van der Waals surface area contributed by atoms with E-state index in [4.69, 9.17) is 4.74 Å². The smallest absolute Gasteiger partial charge is 0.0910 e. The van der Waals surface area contributed by atoms with Crippen LogP contribution in [0.15, 0.2) is 12.3 Å². The van der Waals surface area contributed by atoms with E-state index in [1.165, 1.54) is 32.1 Å². The summed E-state index contributed by atoms with van der Waals surface area (Å²) in [6.45, 7) is 2.73. The molecule has 2 aliphatic rings. The number of hydrogen-bond acceptors (Lipinski definition) is 3. The minimum Gasteiger partial charge on any atom is -0.370 e. The third-order valence-corrected chi connectivity index (χ3v) is 4.09. The van der Waals surface area contributed by atoms with Gasteiger partial charge in [0.2, 0.25) is 0 Å². The topological polar surface area (TPSA) is 39.1 Å². The summed E-state index contributed by atoms with van der Waals surface area (Å²) >= 11 is 0. The van der Waals surface area contributed by atoms with E-state index >= 15 is 0 Å². The van der Waals surface area contributed by atoms with Gasteiger partial charge in [-0.3, -0.25) is 4.68 Å². The molecular formula is C14H23N3O. The van der Waals surface area contributed by atoms with Gasteiger partial charge < -0.3 is 10.1 Å². The van der Waals surface area contributed by atoms with Crippen molar-refractivity contribution in [2.45, 2.75) is 57.3 Å². The first-order chi connectivity index (χ1) is 8.92. The zero-order valence-electron chi connectivity index (χ0n) is 11.0. The van der Waals surface area contributed by atoms with Crippen LogP contribution in [0.4, 0.5) is 0 Å². The van der Waals surface area contributed by atoms with E-state index in [1.807, 2.05) is 0 Å². The lowest BCUT2D eigenvalue weighted by Crippen LogP contribution is -2.17. The van der Waals surface area contributed by atoms with Gasteiger partial charge in [-0.05, 0) is 31.9 Å². The predicted molar refractivity (Wildman–Crippen MR) is 70.4 cm³/mol. The summed E-state index contributed by atoms with van der Waals surface area (Å²) in [7, 11) is 0. The Morgan fingerprint density at radius 1 is 1.28 bits per heavy atom. The molecule has 2 fully saturated rings. The Balaban J connectivity index is 1.52. The van der Waals surface area contributed by atoms with Crippen LogP contribution in [0, 0.1) is 0 Å². The molecule has 1 N–H and O–H groups in total. The van der Waals surface area contributed by atoms with Gasteiger partial charge in [-0.15, -0.1) is 0 Å². The maximum atomic E-state index is 5.85. The second-order valence-electron chi connectivity index (χ2n) is 5.50. The molecule has 1 saturated heterocycles. The third-order valence-electron chi connectivity index (χ3n) is 4.09. The largest absolute Gasteiger partial charge is 0.370 e. The van der Waals surface area contributed by atoms with Crippen molar-refractivity contribution in [2.75, 3.05) is 13.1 Å². The fourth-order valence-corrected chi connectivity index (χ4v) is 2.98. The van der Waals surface area contributed by atoms with Gasteiger partial charge in [0.15, 0.2) is 0 Å². The summed E-state index contributed by atoms with van der Waals surface area (Å²) in [5.74, 6) is 0. The van der Waals surface area contributed by atoms with Crippen molar-refractivity contribution in [3.05, 3.63) is 18.0 Å². The van der Waals surface area contributed by atoms with Crippen molar-refractivity contribution in [3.8, 4) is 0 Å². The average molecular weight is 249 g/mol. The fourth-order valence-electron chi connectivity index (χ4n) is 2.98. The lowest BCUT2D eigenvalue weighted by molar-refractivity contribution is 0.0517. The van der Waals surface area contributed by atoms with Crippen LogP contribution in [-0.2, 0) is 11.3 Å². The second-order valence-corrected chi connectivity index (χ2v) is 5.50. The Bertz CT molecular complexity index is 365. The van der Waals surface area contributed by atoms with Crippen LogP contribution in [-0.4, -0.2) is 29.0 Å². The van der Waals surface area contributed by atoms with Gasteiger partial charge in [-0.25, -0.2) is 0 Å². The zero-order valence-corrected chi connectivity index (χ0v) is 11.0. The van der Waals surface area contributed by atoms with Crippen molar-refractivity contribution >= 4 is 0 Å². The predicted octanol–water partition coefficient (Wildman–Crippen LogP) is 2.27. The van der Waals surface area contributed by atoms with Crippen LogP contribution in [0.3, 0.4) is 0 Å². The van der Waals surface area contributed by atoms with E-state index in [2.05, 4.69) is 27.4 Å². The molecule has 0 aromatic carbocycles. The molecule has 1 unspecified atom stereocenters. The van der Waals surface area contributed by atoms with Crippen LogP contribution in [0.2, 0.25) is 0 Å². The molecule has 4 heteroatoms. The van der Waals surface area contributed by atoms with Gasteiger partial charge in [0.1, 0.15) is 0 Å². The van der Waals surface area contributed by atoms with E-state index in [0.29, 0.717) is 18.8 Å². The highest BCUT2D eigenvalue weighted by molar-refractivity contribution is 4.98. The first kappa shape index (κ1) is 12.2. The van der Waals surface area contributed by atoms with Crippen LogP contribution < -0.4 is 5.32 Å². The third kappa shape index (κ3) is 2.93. The number of rotatable bonds is 4. The highest BCUT2D eigenvalue weighted by Crippen LogP contribution is 2.27. The van der Waals surface area contributed by atoms with E-state index in [-0.39, 0.29) is 0 Å². The van der Waals surface area contributed by atoms with Crippen LogP contribution in [0.25, 0.3) is 0 Å². The summed E-state index contributed by atoms with van der Waals surface area (Å²) in [6, 6.07) is 2.73. The highest BCUT2D eigenvalue weighted by atomic mass is 16.5. The molecule has 1 aliphatic carbocycles. The summed E-state index contributed by atoms with van der Waals surface area (Å²) in [5.41, 5.74) is 1.08. The van der Waals surface area contributed by atoms with Crippen molar-refractivity contribution in [3.63, 3.8) is 0 Å². The Morgan fingerprint density at radius 3 is 2.94 bits per heavy atom. The maximum Gasteiger partial charge on any atom is 0.0910 e.